The summed E-state index contributed by atoms with van der Waals surface area (Å²) in [5.41, 5.74) is 0. The van der Waals surface area contributed by atoms with Gasteiger partial charge in [-0.2, -0.15) is 4.72 Å². The Hall–Kier alpha value is -1.47. The number of hydrogen-bond acceptors (Lipinski definition) is 3. The van der Waals surface area contributed by atoms with E-state index in [2.05, 4.69) is 10.0 Å². The smallest absolute Gasteiger partial charge is 0.241 e. The molecule has 1 rings (SSSR count). The summed E-state index contributed by atoms with van der Waals surface area (Å²) in [6.07, 6.45) is 0.753. The van der Waals surface area contributed by atoms with Crippen molar-refractivity contribution in [3.8, 4) is 0 Å². The second kappa shape index (κ2) is 6.81. The van der Waals surface area contributed by atoms with Gasteiger partial charge in [0.15, 0.2) is 0 Å². The topological polar surface area (TPSA) is 75.3 Å². The van der Waals surface area contributed by atoms with Crippen LogP contribution in [0, 0.1) is 5.82 Å². The third-order valence-corrected chi connectivity index (χ3v) is 4.41. The van der Waals surface area contributed by atoms with Gasteiger partial charge in [-0.25, -0.2) is 12.8 Å². The minimum absolute atomic E-state index is 0.0275. The van der Waals surface area contributed by atoms with E-state index in [-0.39, 0.29) is 10.9 Å². The summed E-state index contributed by atoms with van der Waals surface area (Å²) >= 11 is 0. The maximum absolute atomic E-state index is 12.8. The molecule has 0 spiro atoms. The molecule has 1 aromatic rings. The minimum atomic E-state index is -3.84. The number of carbonyl (C=O) groups excluding carboxylic acids is 1. The molecular formula is C13H19FN2O3S. The van der Waals surface area contributed by atoms with Crippen molar-refractivity contribution in [2.45, 2.75) is 44.2 Å². The first kappa shape index (κ1) is 16.6. The Labute approximate surface area is 118 Å². The molecule has 0 heterocycles. The molecular weight excluding hydrogens is 283 g/mol. The zero-order chi connectivity index (χ0) is 15.3. The summed E-state index contributed by atoms with van der Waals surface area (Å²) in [4.78, 5) is 11.7. The Bertz CT molecular complexity index is 557. The first-order valence-electron chi connectivity index (χ1n) is 6.34. The number of nitrogens with one attached hydrogen (secondary N) is 2. The summed E-state index contributed by atoms with van der Waals surface area (Å²) in [7, 11) is -3.84. The maximum Gasteiger partial charge on any atom is 0.241 e. The summed E-state index contributed by atoms with van der Waals surface area (Å²) < 4.78 is 39.0. The molecule has 2 N–H and O–H groups in total. The molecule has 20 heavy (non-hydrogen) atoms. The number of benzene rings is 1. The number of hydrogen-bond donors (Lipinski definition) is 2. The molecule has 0 bridgehead atoms. The van der Waals surface area contributed by atoms with Crippen LogP contribution < -0.4 is 10.0 Å². The van der Waals surface area contributed by atoms with Crippen LogP contribution in [-0.4, -0.2) is 26.4 Å². The van der Waals surface area contributed by atoms with Gasteiger partial charge in [0.25, 0.3) is 0 Å². The van der Waals surface area contributed by atoms with Gasteiger partial charge < -0.3 is 5.32 Å². The van der Waals surface area contributed by atoms with Crippen LogP contribution in [0.3, 0.4) is 0 Å². The molecule has 1 aromatic carbocycles. The highest BCUT2D eigenvalue weighted by atomic mass is 32.2. The summed E-state index contributed by atoms with van der Waals surface area (Å²) in [5.74, 6) is -0.920. The van der Waals surface area contributed by atoms with Gasteiger partial charge in [-0.3, -0.25) is 4.79 Å². The molecule has 0 unspecified atom stereocenters. The molecule has 5 nitrogen and oxygen atoms in total. The van der Waals surface area contributed by atoms with E-state index in [1.165, 1.54) is 6.92 Å². The van der Waals surface area contributed by atoms with Crippen molar-refractivity contribution in [3.63, 3.8) is 0 Å². The average Bonchev–Trinajstić information content (AvgIpc) is 2.38. The number of carbonyl (C=O) groups is 1. The fraction of sp³-hybridized carbons (Fsp3) is 0.462. The zero-order valence-corrected chi connectivity index (χ0v) is 12.5. The lowest BCUT2D eigenvalue weighted by Gasteiger charge is -2.17. The highest BCUT2D eigenvalue weighted by Crippen LogP contribution is 2.10. The lowest BCUT2D eigenvalue weighted by molar-refractivity contribution is -0.122. The first-order valence-corrected chi connectivity index (χ1v) is 7.83. The Morgan fingerprint density at radius 3 is 2.30 bits per heavy atom. The molecule has 0 saturated carbocycles. The molecule has 112 valence electrons. The third kappa shape index (κ3) is 4.57. The van der Waals surface area contributed by atoms with Gasteiger partial charge in [0.1, 0.15) is 5.82 Å². The highest BCUT2D eigenvalue weighted by Gasteiger charge is 2.22. The van der Waals surface area contributed by atoms with Crippen molar-refractivity contribution >= 4 is 15.9 Å². The highest BCUT2D eigenvalue weighted by molar-refractivity contribution is 7.89. The van der Waals surface area contributed by atoms with Crippen molar-refractivity contribution in [2.24, 2.45) is 0 Å². The summed E-state index contributed by atoms with van der Waals surface area (Å²) in [5, 5.41) is 2.69. The lowest BCUT2D eigenvalue weighted by Crippen LogP contribution is -2.47. The Balaban J connectivity index is 2.75. The quantitative estimate of drug-likeness (QED) is 0.834. The first-order chi connectivity index (χ1) is 9.26. The fourth-order valence-electron chi connectivity index (χ4n) is 1.44. The predicted molar refractivity (Wildman–Crippen MR) is 74.1 cm³/mol. The van der Waals surface area contributed by atoms with Crippen LogP contribution in [0.4, 0.5) is 4.39 Å². The van der Waals surface area contributed by atoms with Crippen LogP contribution in [0.2, 0.25) is 0 Å². The monoisotopic (exact) mass is 302 g/mol. The molecule has 0 saturated heterocycles. The van der Waals surface area contributed by atoms with Crippen molar-refractivity contribution in [3.05, 3.63) is 30.1 Å². The fourth-order valence-corrected chi connectivity index (χ4v) is 2.64. The number of halogens is 1. The van der Waals surface area contributed by atoms with Gasteiger partial charge in [0.05, 0.1) is 10.9 Å². The zero-order valence-electron chi connectivity index (χ0n) is 11.7. The molecule has 0 aliphatic carbocycles. The van der Waals surface area contributed by atoms with E-state index in [9.17, 15) is 17.6 Å². The average molecular weight is 302 g/mol. The maximum atomic E-state index is 12.8. The second-order valence-corrected chi connectivity index (χ2v) is 6.33. The molecule has 0 fully saturated rings. The van der Waals surface area contributed by atoms with Gasteiger partial charge in [0, 0.05) is 6.04 Å². The van der Waals surface area contributed by atoms with Gasteiger partial charge in [-0.15, -0.1) is 0 Å². The summed E-state index contributed by atoms with van der Waals surface area (Å²) in [6.45, 7) is 5.20. The molecule has 0 aromatic heterocycles. The van der Waals surface area contributed by atoms with Crippen LogP contribution in [0.25, 0.3) is 0 Å². The summed E-state index contributed by atoms with van der Waals surface area (Å²) in [6, 6.07) is 3.48. The van der Waals surface area contributed by atoms with E-state index >= 15 is 0 Å². The lowest BCUT2D eigenvalue weighted by atomic mass is 10.2. The van der Waals surface area contributed by atoms with E-state index in [1.54, 1.807) is 0 Å². The normalized spacial score (nSPS) is 14.6. The Morgan fingerprint density at radius 2 is 1.80 bits per heavy atom. The third-order valence-electron chi connectivity index (χ3n) is 2.85. The van der Waals surface area contributed by atoms with Crippen LogP contribution in [0.5, 0.6) is 0 Å². The van der Waals surface area contributed by atoms with Crippen molar-refractivity contribution in [2.75, 3.05) is 0 Å². The van der Waals surface area contributed by atoms with Crippen LogP contribution in [0.1, 0.15) is 27.2 Å². The van der Waals surface area contributed by atoms with Crippen LogP contribution in [-0.2, 0) is 14.8 Å². The number of sulfonamides is 1. The van der Waals surface area contributed by atoms with E-state index in [1.807, 2.05) is 13.8 Å². The predicted octanol–water partition coefficient (Wildman–Crippen LogP) is 1.41. The van der Waals surface area contributed by atoms with Gasteiger partial charge in [-0.05, 0) is 44.5 Å². The molecule has 1 amide bonds. The van der Waals surface area contributed by atoms with E-state index < -0.39 is 27.8 Å². The van der Waals surface area contributed by atoms with Crippen molar-refractivity contribution < 1.29 is 17.6 Å². The minimum Gasteiger partial charge on any atom is -0.352 e. The second-order valence-electron chi connectivity index (χ2n) is 4.61. The van der Waals surface area contributed by atoms with E-state index in [4.69, 9.17) is 0 Å². The van der Waals surface area contributed by atoms with E-state index in [0.717, 1.165) is 30.7 Å². The number of amides is 1. The van der Waals surface area contributed by atoms with Gasteiger partial charge in [0.2, 0.25) is 15.9 Å². The molecule has 2 atom stereocenters. The largest absolute Gasteiger partial charge is 0.352 e. The van der Waals surface area contributed by atoms with Crippen LogP contribution >= 0.6 is 0 Å². The Kier molecular flexibility index (Phi) is 5.64. The number of rotatable bonds is 6. The van der Waals surface area contributed by atoms with Gasteiger partial charge >= 0.3 is 0 Å². The standard InChI is InChI=1S/C13H19FN2O3S/c1-4-9(2)15-13(17)10(3)16-20(18,19)12-7-5-11(14)6-8-12/h5-10,16H,4H2,1-3H3,(H,15,17)/t9-,10+/m0/s1. The molecule has 0 radical (unpaired) electrons. The van der Waals surface area contributed by atoms with Gasteiger partial charge in [-0.1, -0.05) is 6.92 Å². The Morgan fingerprint density at radius 1 is 1.25 bits per heavy atom. The van der Waals surface area contributed by atoms with Crippen molar-refractivity contribution in [1.82, 2.24) is 10.0 Å². The van der Waals surface area contributed by atoms with Crippen molar-refractivity contribution in [1.29, 1.82) is 0 Å². The molecule has 0 aliphatic heterocycles. The van der Waals surface area contributed by atoms with Crippen LogP contribution in [0.15, 0.2) is 29.2 Å². The molecule has 7 heteroatoms. The SMILES string of the molecule is CC[C@H](C)NC(=O)[C@@H](C)NS(=O)(=O)c1ccc(F)cc1. The van der Waals surface area contributed by atoms with E-state index in [0.29, 0.717) is 0 Å². The molecule has 0 aliphatic rings.